The van der Waals surface area contributed by atoms with Gasteiger partial charge in [-0.25, -0.2) is 0 Å². The molecule has 0 heterocycles. The second kappa shape index (κ2) is 6.40. The maximum atomic E-state index is 11.9. The molecule has 1 unspecified atom stereocenters. The van der Waals surface area contributed by atoms with Gasteiger partial charge in [0.15, 0.2) is 0 Å². The minimum Gasteiger partial charge on any atom is -0.481 e. The average molecular weight is 270 g/mol. The normalized spacial score (nSPS) is 11.9. The molecule has 0 spiro atoms. The van der Waals surface area contributed by atoms with Crippen molar-refractivity contribution in [3.8, 4) is 0 Å². The Bertz CT molecular complexity index is 460. The van der Waals surface area contributed by atoms with E-state index < -0.39 is 5.97 Å². The monoisotopic (exact) mass is 269 g/mol. The Hall–Kier alpha value is -1.55. The van der Waals surface area contributed by atoms with Crippen molar-refractivity contribution in [2.75, 3.05) is 6.54 Å². The number of aryl methyl sites for hydroxylation is 1. The lowest BCUT2D eigenvalue weighted by molar-refractivity contribution is -0.137. The second-order valence-corrected chi connectivity index (χ2v) is 4.73. The minimum absolute atomic E-state index is 0.0296. The summed E-state index contributed by atoms with van der Waals surface area (Å²) in [6.07, 6.45) is 0.0296. The van der Waals surface area contributed by atoms with Gasteiger partial charge in [-0.1, -0.05) is 30.7 Å². The van der Waals surface area contributed by atoms with E-state index in [0.29, 0.717) is 17.1 Å². The number of hydrogen-bond acceptors (Lipinski definition) is 2. The van der Waals surface area contributed by atoms with Gasteiger partial charge in [0.1, 0.15) is 0 Å². The molecule has 0 saturated heterocycles. The first-order chi connectivity index (χ1) is 8.41. The summed E-state index contributed by atoms with van der Waals surface area (Å²) in [5.74, 6) is -1.26. The fourth-order valence-electron chi connectivity index (χ4n) is 1.56. The van der Waals surface area contributed by atoms with Gasteiger partial charge in [-0.2, -0.15) is 0 Å². The van der Waals surface area contributed by atoms with Crippen molar-refractivity contribution in [3.05, 3.63) is 34.3 Å². The molecule has 18 heavy (non-hydrogen) atoms. The summed E-state index contributed by atoms with van der Waals surface area (Å²) in [4.78, 5) is 22.4. The van der Waals surface area contributed by atoms with Crippen LogP contribution in [0.5, 0.6) is 0 Å². The third kappa shape index (κ3) is 4.04. The highest BCUT2D eigenvalue weighted by Gasteiger charge is 2.13. The van der Waals surface area contributed by atoms with E-state index in [4.69, 9.17) is 16.7 Å². The molecule has 2 N–H and O–H groups in total. The Labute approximate surface area is 111 Å². The van der Waals surface area contributed by atoms with Gasteiger partial charge >= 0.3 is 5.97 Å². The molecule has 0 aliphatic carbocycles. The molecule has 1 aromatic rings. The Morgan fingerprint density at radius 3 is 2.72 bits per heavy atom. The van der Waals surface area contributed by atoms with Crippen LogP contribution >= 0.6 is 11.6 Å². The average Bonchev–Trinajstić information content (AvgIpc) is 2.29. The molecule has 1 amide bonds. The maximum absolute atomic E-state index is 11.9. The van der Waals surface area contributed by atoms with Crippen LogP contribution in [-0.4, -0.2) is 23.5 Å². The number of benzene rings is 1. The molecule has 4 nitrogen and oxygen atoms in total. The van der Waals surface area contributed by atoms with Crippen LogP contribution in [0.15, 0.2) is 18.2 Å². The van der Waals surface area contributed by atoms with Crippen molar-refractivity contribution in [2.45, 2.75) is 20.3 Å². The van der Waals surface area contributed by atoms with Gasteiger partial charge in [-0.3, -0.25) is 9.59 Å². The Morgan fingerprint density at radius 2 is 2.11 bits per heavy atom. The standard InChI is InChI=1S/C13H16ClNO3/c1-8(6-11(16)17)7-15-13(18)10-5-3-4-9(2)12(10)14/h3-5,8H,6-7H2,1-2H3,(H,15,18)(H,16,17). The van der Waals surface area contributed by atoms with Crippen LogP contribution in [0.25, 0.3) is 0 Å². The molecule has 1 rings (SSSR count). The summed E-state index contributed by atoms with van der Waals surface area (Å²) < 4.78 is 0. The van der Waals surface area contributed by atoms with Crippen LogP contribution in [0.2, 0.25) is 5.02 Å². The topological polar surface area (TPSA) is 66.4 Å². The highest BCUT2D eigenvalue weighted by Crippen LogP contribution is 2.20. The second-order valence-electron chi connectivity index (χ2n) is 4.35. The molecule has 0 radical (unpaired) electrons. The minimum atomic E-state index is -0.870. The number of carboxylic acids is 1. The molecule has 1 aromatic carbocycles. The lowest BCUT2D eigenvalue weighted by Crippen LogP contribution is -2.29. The van der Waals surface area contributed by atoms with Crippen molar-refractivity contribution in [1.29, 1.82) is 0 Å². The molecule has 1 atom stereocenters. The zero-order valence-corrected chi connectivity index (χ0v) is 11.1. The van der Waals surface area contributed by atoms with Gasteiger partial charge < -0.3 is 10.4 Å². The third-order valence-corrected chi connectivity index (χ3v) is 3.07. The molecule has 0 bridgehead atoms. The summed E-state index contributed by atoms with van der Waals surface area (Å²) >= 11 is 6.03. The highest BCUT2D eigenvalue weighted by molar-refractivity contribution is 6.34. The summed E-state index contributed by atoms with van der Waals surface area (Å²) in [7, 11) is 0. The number of halogens is 1. The molecular formula is C13H16ClNO3. The van der Waals surface area contributed by atoms with E-state index in [0.717, 1.165) is 5.56 Å². The number of carbonyl (C=O) groups is 2. The molecule has 0 saturated carbocycles. The van der Waals surface area contributed by atoms with Crippen LogP contribution in [0.1, 0.15) is 29.3 Å². The molecular weight excluding hydrogens is 254 g/mol. The van der Waals surface area contributed by atoms with Gasteiger partial charge in [0, 0.05) is 13.0 Å². The number of carboxylic acid groups (broad SMARTS) is 1. The van der Waals surface area contributed by atoms with Crippen molar-refractivity contribution in [1.82, 2.24) is 5.32 Å². The third-order valence-electron chi connectivity index (χ3n) is 2.57. The fraction of sp³-hybridized carbons (Fsp3) is 0.385. The van der Waals surface area contributed by atoms with Gasteiger partial charge in [0.25, 0.3) is 5.91 Å². The first-order valence-corrected chi connectivity index (χ1v) is 6.04. The van der Waals surface area contributed by atoms with Crippen LogP contribution < -0.4 is 5.32 Å². The van der Waals surface area contributed by atoms with Crippen LogP contribution in [-0.2, 0) is 4.79 Å². The van der Waals surface area contributed by atoms with E-state index in [1.807, 2.05) is 13.0 Å². The molecule has 0 aromatic heterocycles. The number of nitrogens with one attached hydrogen (secondary N) is 1. The fourth-order valence-corrected chi connectivity index (χ4v) is 1.77. The highest BCUT2D eigenvalue weighted by atomic mass is 35.5. The van der Waals surface area contributed by atoms with Gasteiger partial charge in [-0.05, 0) is 24.5 Å². The maximum Gasteiger partial charge on any atom is 0.303 e. The Kier molecular flexibility index (Phi) is 5.16. The Balaban J connectivity index is 2.61. The van der Waals surface area contributed by atoms with E-state index in [1.54, 1.807) is 19.1 Å². The summed E-state index contributed by atoms with van der Waals surface area (Å²) in [6, 6.07) is 5.23. The Morgan fingerprint density at radius 1 is 1.44 bits per heavy atom. The zero-order valence-electron chi connectivity index (χ0n) is 10.4. The number of rotatable bonds is 5. The first kappa shape index (κ1) is 14.5. The predicted octanol–water partition coefficient (Wildman–Crippen LogP) is 2.49. The molecule has 5 heteroatoms. The van der Waals surface area contributed by atoms with Gasteiger partial charge in [0.05, 0.1) is 10.6 Å². The number of hydrogen-bond donors (Lipinski definition) is 2. The molecule has 0 aliphatic heterocycles. The molecule has 0 aliphatic rings. The van der Waals surface area contributed by atoms with Crippen LogP contribution in [0.4, 0.5) is 0 Å². The summed E-state index contributed by atoms with van der Waals surface area (Å²) in [5.41, 5.74) is 1.25. The van der Waals surface area contributed by atoms with E-state index in [9.17, 15) is 9.59 Å². The molecule has 98 valence electrons. The van der Waals surface area contributed by atoms with E-state index >= 15 is 0 Å². The van der Waals surface area contributed by atoms with Crippen molar-refractivity contribution in [3.63, 3.8) is 0 Å². The van der Waals surface area contributed by atoms with Crippen molar-refractivity contribution < 1.29 is 14.7 Å². The smallest absolute Gasteiger partial charge is 0.303 e. The summed E-state index contributed by atoms with van der Waals surface area (Å²) in [6.45, 7) is 3.91. The lowest BCUT2D eigenvalue weighted by Gasteiger charge is -2.11. The summed E-state index contributed by atoms with van der Waals surface area (Å²) in [5, 5.41) is 11.7. The molecule has 0 fully saturated rings. The van der Waals surface area contributed by atoms with Gasteiger partial charge in [0.2, 0.25) is 0 Å². The van der Waals surface area contributed by atoms with Crippen molar-refractivity contribution >= 4 is 23.5 Å². The lowest BCUT2D eigenvalue weighted by atomic mass is 10.1. The van der Waals surface area contributed by atoms with Gasteiger partial charge in [-0.15, -0.1) is 0 Å². The van der Waals surface area contributed by atoms with Crippen LogP contribution in [0.3, 0.4) is 0 Å². The van der Waals surface area contributed by atoms with Crippen molar-refractivity contribution in [2.24, 2.45) is 5.92 Å². The number of aliphatic carboxylic acids is 1. The number of amides is 1. The first-order valence-electron chi connectivity index (χ1n) is 5.67. The van der Waals surface area contributed by atoms with E-state index in [-0.39, 0.29) is 18.2 Å². The van der Waals surface area contributed by atoms with Crippen LogP contribution in [0, 0.1) is 12.8 Å². The quantitative estimate of drug-likeness (QED) is 0.863. The predicted molar refractivity (Wildman–Crippen MR) is 69.9 cm³/mol. The SMILES string of the molecule is Cc1cccc(C(=O)NCC(C)CC(=O)O)c1Cl. The van der Waals surface area contributed by atoms with E-state index in [1.165, 1.54) is 0 Å². The van der Waals surface area contributed by atoms with E-state index in [2.05, 4.69) is 5.32 Å². The zero-order chi connectivity index (χ0) is 13.7. The largest absolute Gasteiger partial charge is 0.481 e. The number of carbonyl (C=O) groups excluding carboxylic acids is 1.